The van der Waals surface area contributed by atoms with Crippen LogP contribution in [0.2, 0.25) is 0 Å². The van der Waals surface area contributed by atoms with Gasteiger partial charge in [-0.15, -0.1) is 0 Å². The van der Waals surface area contributed by atoms with Crippen molar-refractivity contribution in [3.05, 3.63) is 23.2 Å². The van der Waals surface area contributed by atoms with E-state index in [1.807, 2.05) is 26.8 Å². The zero-order chi connectivity index (χ0) is 12.4. The van der Waals surface area contributed by atoms with E-state index in [1.165, 1.54) is 0 Å². The molecule has 0 atom stereocenters. The number of hydrogen-bond acceptors (Lipinski definition) is 3. The highest BCUT2D eigenvalue weighted by molar-refractivity contribution is 5.97. The van der Waals surface area contributed by atoms with Gasteiger partial charge in [0.15, 0.2) is 5.78 Å². The molecule has 0 unspecified atom stereocenters. The summed E-state index contributed by atoms with van der Waals surface area (Å²) >= 11 is 0. The Morgan fingerprint density at radius 2 is 2.18 bits per heavy atom. The monoisotopic (exact) mass is 236 g/mol. The normalized spacial score (nSPS) is 23.5. The molecule has 0 aromatic carbocycles. The van der Waals surface area contributed by atoms with E-state index in [-0.39, 0.29) is 5.78 Å². The van der Waals surface area contributed by atoms with Gasteiger partial charge in [-0.3, -0.25) is 4.79 Å². The van der Waals surface area contributed by atoms with Crippen LogP contribution in [-0.4, -0.2) is 18.5 Å². The van der Waals surface area contributed by atoms with Crippen molar-refractivity contribution in [3.63, 3.8) is 0 Å². The summed E-state index contributed by atoms with van der Waals surface area (Å²) in [6.07, 6.45) is 3.05. The number of ketones is 1. The summed E-state index contributed by atoms with van der Waals surface area (Å²) < 4.78 is 10.9. The first-order chi connectivity index (χ1) is 8.10. The molecule has 1 aliphatic rings. The second-order valence-corrected chi connectivity index (χ2v) is 4.87. The highest BCUT2D eigenvalue weighted by Crippen LogP contribution is 2.34. The number of hydrogen-bond donors (Lipinski definition) is 0. The lowest BCUT2D eigenvalue weighted by Gasteiger charge is -2.34. The SMILES string of the molecule is CCOC1CC(CC(=O)c2cc(C)oc2C)C1. The van der Waals surface area contributed by atoms with Gasteiger partial charge >= 0.3 is 0 Å². The summed E-state index contributed by atoms with van der Waals surface area (Å²) in [5.74, 6) is 2.26. The first-order valence-electron chi connectivity index (χ1n) is 6.32. The molecular formula is C14H20O3. The molecule has 1 aromatic rings. The highest BCUT2D eigenvalue weighted by Gasteiger charge is 2.31. The molecule has 17 heavy (non-hydrogen) atoms. The Morgan fingerprint density at radius 3 is 2.71 bits per heavy atom. The number of aryl methyl sites for hydroxylation is 2. The fourth-order valence-corrected chi connectivity index (χ4v) is 2.49. The average molecular weight is 236 g/mol. The second-order valence-electron chi connectivity index (χ2n) is 4.87. The summed E-state index contributed by atoms with van der Waals surface area (Å²) in [6, 6.07) is 1.84. The Bertz CT molecular complexity index is 400. The smallest absolute Gasteiger partial charge is 0.166 e. The van der Waals surface area contributed by atoms with E-state index in [0.717, 1.165) is 36.5 Å². The van der Waals surface area contributed by atoms with E-state index < -0.39 is 0 Å². The summed E-state index contributed by atoms with van der Waals surface area (Å²) in [5.41, 5.74) is 0.752. The summed E-state index contributed by atoms with van der Waals surface area (Å²) in [7, 11) is 0. The maximum absolute atomic E-state index is 12.0. The zero-order valence-electron chi connectivity index (χ0n) is 10.8. The van der Waals surface area contributed by atoms with Gasteiger partial charge in [-0.1, -0.05) is 0 Å². The predicted octanol–water partition coefficient (Wildman–Crippen LogP) is 3.28. The summed E-state index contributed by atoms with van der Waals surface area (Å²) in [5, 5.41) is 0. The standard InChI is InChI=1S/C14H20O3/c1-4-16-12-6-11(7-12)8-14(15)13-5-9(2)17-10(13)3/h5,11-12H,4,6-8H2,1-3H3. The highest BCUT2D eigenvalue weighted by atomic mass is 16.5. The molecule has 1 aliphatic carbocycles. The van der Waals surface area contributed by atoms with Crippen molar-refractivity contribution in [3.8, 4) is 0 Å². The lowest BCUT2D eigenvalue weighted by Crippen LogP contribution is -2.32. The van der Waals surface area contributed by atoms with Crippen LogP contribution in [0.5, 0.6) is 0 Å². The van der Waals surface area contributed by atoms with Crippen LogP contribution in [-0.2, 0) is 4.74 Å². The molecule has 3 nitrogen and oxygen atoms in total. The van der Waals surface area contributed by atoms with E-state index in [4.69, 9.17) is 9.15 Å². The van der Waals surface area contributed by atoms with E-state index >= 15 is 0 Å². The number of ether oxygens (including phenoxy) is 1. The van der Waals surface area contributed by atoms with Gasteiger partial charge in [0.05, 0.1) is 11.7 Å². The number of rotatable bonds is 5. The molecule has 0 bridgehead atoms. The first kappa shape index (κ1) is 12.4. The lowest BCUT2D eigenvalue weighted by molar-refractivity contribution is -0.0246. The topological polar surface area (TPSA) is 39.4 Å². The molecule has 0 saturated heterocycles. The third kappa shape index (κ3) is 2.78. The van der Waals surface area contributed by atoms with Crippen molar-refractivity contribution < 1.29 is 13.9 Å². The maximum atomic E-state index is 12.0. The summed E-state index contributed by atoms with van der Waals surface area (Å²) in [4.78, 5) is 12.0. The Labute approximate surface area is 102 Å². The minimum Gasteiger partial charge on any atom is -0.466 e. The van der Waals surface area contributed by atoms with Crippen LogP contribution in [0.1, 0.15) is 48.1 Å². The second kappa shape index (κ2) is 5.05. The number of Topliss-reactive ketones (excluding diaryl/α,β-unsaturated/α-hetero) is 1. The molecule has 0 N–H and O–H groups in total. The molecule has 0 radical (unpaired) electrons. The average Bonchev–Trinajstić information content (AvgIpc) is 2.54. The van der Waals surface area contributed by atoms with Crippen molar-refractivity contribution in [2.24, 2.45) is 5.92 Å². The van der Waals surface area contributed by atoms with Crippen LogP contribution in [0, 0.1) is 19.8 Å². The van der Waals surface area contributed by atoms with Crippen molar-refractivity contribution >= 4 is 5.78 Å². The number of carbonyl (C=O) groups excluding carboxylic acids is 1. The van der Waals surface area contributed by atoms with Gasteiger partial charge < -0.3 is 9.15 Å². The molecule has 1 fully saturated rings. The van der Waals surface area contributed by atoms with E-state index in [2.05, 4.69) is 0 Å². The van der Waals surface area contributed by atoms with Crippen molar-refractivity contribution in [1.82, 2.24) is 0 Å². The molecule has 2 rings (SSSR count). The molecule has 0 spiro atoms. The van der Waals surface area contributed by atoms with E-state index in [0.29, 0.717) is 18.4 Å². The van der Waals surface area contributed by atoms with E-state index in [1.54, 1.807) is 0 Å². The quantitative estimate of drug-likeness (QED) is 0.736. The minimum atomic E-state index is 0.208. The molecule has 3 heteroatoms. The lowest BCUT2D eigenvalue weighted by atomic mass is 9.78. The zero-order valence-corrected chi connectivity index (χ0v) is 10.8. The predicted molar refractivity (Wildman–Crippen MR) is 65.3 cm³/mol. The summed E-state index contributed by atoms with van der Waals surface area (Å²) in [6.45, 7) is 6.50. The minimum absolute atomic E-state index is 0.208. The van der Waals surface area contributed by atoms with E-state index in [9.17, 15) is 4.79 Å². The maximum Gasteiger partial charge on any atom is 0.166 e. The fourth-order valence-electron chi connectivity index (χ4n) is 2.49. The Balaban J connectivity index is 1.85. The molecular weight excluding hydrogens is 216 g/mol. The van der Waals surface area contributed by atoms with Crippen LogP contribution in [0.3, 0.4) is 0 Å². The largest absolute Gasteiger partial charge is 0.466 e. The van der Waals surface area contributed by atoms with Crippen molar-refractivity contribution in [2.45, 2.75) is 46.1 Å². The van der Waals surface area contributed by atoms with Gasteiger partial charge in [0.2, 0.25) is 0 Å². The van der Waals surface area contributed by atoms with Crippen LogP contribution in [0.15, 0.2) is 10.5 Å². The Hall–Kier alpha value is -1.09. The molecule has 0 aliphatic heterocycles. The molecule has 1 saturated carbocycles. The van der Waals surface area contributed by atoms with Gasteiger partial charge in [-0.2, -0.15) is 0 Å². The Morgan fingerprint density at radius 1 is 1.47 bits per heavy atom. The van der Waals surface area contributed by atoms with Gasteiger partial charge in [0.1, 0.15) is 11.5 Å². The van der Waals surface area contributed by atoms with Gasteiger partial charge in [0, 0.05) is 13.0 Å². The first-order valence-corrected chi connectivity index (χ1v) is 6.32. The van der Waals surface area contributed by atoms with Crippen LogP contribution in [0.25, 0.3) is 0 Å². The van der Waals surface area contributed by atoms with Crippen LogP contribution >= 0.6 is 0 Å². The number of carbonyl (C=O) groups is 1. The van der Waals surface area contributed by atoms with Crippen molar-refractivity contribution in [1.29, 1.82) is 0 Å². The third-order valence-electron chi connectivity index (χ3n) is 3.41. The molecule has 94 valence electrons. The molecule has 1 heterocycles. The Kier molecular flexibility index (Phi) is 3.67. The molecule has 1 aromatic heterocycles. The molecule has 0 amide bonds. The third-order valence-corrected chi connectivity index (χ3v) is 3.41. The van der Waals surface area contributed by atoms with Crippen LogP contribution < -0.4 is 0 Å². The van der Waals surface area contributed by atoms with Crippen molar-refractivity contribution in [2.75, 3.05) is 6.61 Å². The van der Waals surface area contributed by atoms with Gasteiger partial charge in [-0.05, 0) is 45.6 Å². The van der Waals surface area contributed by atoms with Gasteiger partial charge in [-0.25, -0.2) is 0 Å². The number of furan rings is 1. The fraction of sp³-hybridized carbons (Fsp3) is 0.643. The van der Waals surface area contributed by atoms with Crippen LogP contribution in [0.4, 0.5) is 0 Å². The van der Waals surface area contributed by atoms with Gasteiger partial charge in [0.25, 0.3) is 0 Å².